The second kappa shape index (κ2) is 6.61. The molecule has 0 spiro atoms. The largest absolute Gasteiger partial charge is 0.479 e. The number of hydrogen-bond acceptors (Lipinski definition) is 5. The zero-order valence-corrected chi connectivity index (χ0v) is 15.8. The second-order valence-electron chi connectivity index (χ2n) is 6.25. The summed E-state index contributed by atoms with van der Waals surface area (Å²) in [5, 5.41) is 0.657. The first kappa shape index (κ1) is 17.9. The summed E-state index contributed by atoms with van der Waals surface area (Å²) >= 11 is 5.87. The Hall–Kier alpha value is -2.45. The minimum Gasteiger partial charge on any atom is -0.479 e. The van der Waals surface area contributed by atoms with Crippen LogP contribution in [-0.4, -0.2) is 25.5 Å². The number of pyridine rings is 2. The molecule has 6 nitrogen and oxygen atoms in total. The number of sulfonamides is 1. The SMILES string of the molecule is COc1nc(C2CC2)c(F)cc1NS(=O)(=O)c1cccc2nc(Cl)ccc12. The van der Waals surface area contributed by atoms with E-state index in [9.17, 15) is 12.8 Å². The summed E-state index contributed by atoms with van der Waals surface area (Å²) in [4.78, 5) is 8.27. The number of halogens is 2. The van der Waals surface area contributed by atoms with Crippen LogP contribution in [-0.2, 0) is 10.0 Å². The van der Waals surface area contributed by atoms with E-state index in [0.29, 0.717) is 16.6 Å². The van der Waals surface area contributed by atoms with Crippen LogP contribution in [0.5, 0.6) is 5.88 Å². The normalized spacial score (nSPS) is 14.3. The van der Waals surface area contributed by atoms with E-state index in [1.807, 2.05) is 0 Å². The van der Waals surface area contributed by atoms with Gasteiger partial charge in [-0.25, -0.2) is 22.8 Å². The van der Waals surface area contributed by atoms with Gasteiger partial charge in [-0.1, -0.05) is 17.7 Å². The Bertz CT molecular complexity index is 1150. The minimum atomic E-state index is -4.04. The van der Waals surface area contributed by atoms with Crippen molar-refractivity contribution in [2.45, 2.75) is 23.7 Å². The summed E-state index contributed by atoms with van der Waals surface area (Å²) in [6, 6.07) is 8.85. The van der Waals surface area contributed by atoms with Crippen molar-refractivity contribution in [2.24, 2.45) is 0 Å². The van der Waals surface area contributed by atoms with Gasteiger partial charge in [-0.2, -0.15) is 0 Å². The summed E-state index contributed by atoms with van der Waals surface area (Å²) in [6.07, 6.45) is 1.73. The highest BCUT2D eigenvalue weighted by Crippen LogP contribution is 2.42. The van der Waals surface area contributed by atoms with Gasteiger partial charge in [0.15, 0.2) is 0 Å². The predicted octanol–water partition coefficient (Wildman–Crippen LogP) is 4.11. The van der Waals surface area contributed by atoms with Crippen LogP contribution in [0.4, 0.5) is 10.1 Å². The molecule has 0 unspecified atom stereocenters. The van der Waals surface area contributed by atoms with Crippen molar-refractivity contribution < 1.29 is 17.5 Å². The highest BCUT2D eigenvalue weighted by Gasteiger charge is 2.30. The molecule has 2 heterocycles. The Morgan fingerprint density at radius 2 is 2.00 bits per heavy atom. The third-order valence-electron chi connectivity index (χ3n) is 4.32. The van der Waals surface area contributed by atoms with E-state index in [1.54, 1.807) is 18.2 Å². The van der Waals surface area contributed by atoms with Crippen LogP contribution >= 0.6 is 11.6 Å². The van der Waals surface area contributed by atoms with Gasteiger partial charge < -0.3 is 4.74 Å². The molecule has 1 aliphatic rings. The van der Waals surface area contributed by atoms with Crippen molar-refractivity contribution >= 4 is 38.2 Å². The molecule has 9 heteroatoms. The number of methoxy groups -OCH3 is 1. The molecule has 0 aliphatic heterocycles. The average molecular weight is 408 g/mol. The molecular formula is C18H15ClFN3O3S. The molecular weight excluding hydrogens is 393 g/mol. The lowest BCUT2D eigenvalue weighted by Crippen LogP contribution is -2.15. The number of nitrogens with zero attached hydrogens (tertiary/aromatic N) is 2. The molecule has 3 aromatic rings. The molecule has 1 aromatic carbocycles. The molecule has 27 heavy (non-hydrogen) atoms. The molecule has 1 saturated carbocycles. The number of ether oxygens (including phenoxy) is 1. The fraction of sp³-hybridized carbons (Fsp3) is 0.222. The first-order valence-electron chi connectivity index (χ1n) is 8.21. The smallest absolute Gasteiger partial charge is 0.262 e. The molecule has 4 rings (SSSR count). The molecule has 1 aliphatic carbocycles. The average Bonchev–Trinajstić information content (AvgIpc) is 3.46. The van der Waals surface area contributed by atoms with Gasteiger partial charge in [0.25, 0.3) is 10.0 Å². The molecule has 1 fully saturated rings. The Morgan fingerprint density at radius 1 is 1.22 bits per heavy atom. The van der Waals surface area contributed by atoms with Gasteiger partial charge in [0.2, 0.25) is 5.88 Å². The van der Waals surface area contributed by atoms with Crippen molar-refractivity contribution in [2.75, 3.05) is 11.8 Å². The Kier molecular flexibility index (Phi) is 4.39. The summed E-state index contributed by atoms with van der Waals surface area (Å²) in [5.41, 5.74) is 0.683. The quantitative estimate of drug-likeness (QED) is 0.644. The highest BCUT2D eigenvalue weighted by atomic mass is 35.5. The Labute approximate surface area is 160 Å². The maximum absolute atomic E-state index is 14.4. The van der Waals surface area contributed by atoms with Gasteiger partial charge in [-0.3, -0.25) is 4.72 Å². The maximum Gasteiger partial charge on any atom is 0.262 e. The van der Waals surface area contributed by atoms with Crippen LogP contribution in [0.15, 0.2) is 41.3 Å². The summed E-state index contributed by atoms with van der Waals surface area (Å²) in [5.74, 6) is -0.455. The van der Waals surface area contributed by atoms with Gasteiger partial charge >= 0.3 is 0 Å². The van der Waals surface area contributed by atoms with Crippen LogP contribution in [0.25, 0.3) is 10.9 Å². The third kappa shape index (κ3) is 3.42. The van der Waals surface area contributed by atoms with Crippen molar-refractivity contribution in [3.8, 4) is 5.88 Å². The van der Waals surface area contributed by atoms with Crippen molar-refractivity contribution in [3.05, 3.63) is 53.1 Å². The molecule has 0 saturated heterocycles. The third-order valence-corrected chi connectivity index (χ3v) is 5.95. The summed E-state index contributed by atoms with van der Waals surface area (Å²) in [6.45, 7) is 0. The van der Waals surface area contributed by atoms with Gasteiger partial charge in [0.05, 0.1) is 23.2 Å². The molecule has 2 aromatic heterocycles. The zero-order valence-electron chi connectivity index (χ0n) is 14.2. The van der Waals surface area contributed by atoms with E-state index < -0.39 is 15.8 Å². The first-order chi connectivity index (χ1) is 12.9. The number of anilines is 1. The number of nitrogens with one attached hydrogen (secondary N) is 1. The molecule has 1 N–H and O–H groups in total. The number of aromatic nitrogens is 2. The van der Waals surface area contributed by atoms with Crippen LogP contribution in [0.3, 0.4) is 0 Å². The van der Waals surface area contributed by atoms with E-state index in [2.05, 4.69) is 14.7 Å². The number of fused-ring (bicyclic) bond motifs is 1. The lowest BCUT2D eigenvalue weighted by atomic mass is 10.2. The summed E-state index contributed by atoms with van der Waals surface area (Å²) < 4.78 is 47.8. The van der Waals surface area contributed by atoms with Crippen molar-refractivity contribution in [1.29, 1.82) is 0 Å². The number of benzene rings is 1. The van der Waals surface area contributed by atoms with Gasteiger partial charge in [-0.05, 0) is 37.1 Å². The topological polar surface area (TPSA) is 81.2 Å². The van der Waals surface area contributed by atoms with Gasteiger partial charge in [0.1, 0.15) is 16.7 Å². The van der Waals surface area contributed by atoms with Crippen LogP contribution in [0.2, 0.25) is 5.15 Å². The monoisotopic (exact) mass is 407 g/mol. The molecule has 0 bridgehead atoms. The van der Waals surface area contributed by atoms with Crippen LogP contribution in [0, 0.1) is 5.82 Å². The van der Waals surface area contributed by atoms with Crippen LogP contribution in [0.1, 0.15) is 24.5 Å². The Morgan fingerprint density at radius 3 is 2.70 bits per heavy atom. The predicted molar refractivity (Wildman–Crippen MR) is 100 cm³/mol. The standard InChI is InChI=1S/C18H15ClFN3O3S/c1-26-18-14(9-12(20)17(22-18)10-5-6-10)23-27(24,25)15-4-2-3-13-11(15)7-8-16(19)21-13/h2-4,7-10,23H,5-6H2,1H3. The molecule has 0 radical (unpaired) electrons. The lowest BCUT2D eigenvalue weighted by molar-refractivity contribution is 0.396. The van der Waals surface area contributed by atoms with Crippen molar-refractivity contribution in [1.82, 2.24) is 9.97 Å². The maximum atomic E-state index is 14.4. The van der Waals surface area contributed by atoms with E-state index in [-0.39, 0.29) is 27.5 Å². The fourth-order valence-electron chi connectivity index (χ4n) is 2.89. The zero-order chi connectivity index (χ0) is 19.2. The van der Waals surface area contributed by atoms with E-state index in [1.165, 1.54) is 19.2 Å². The minimum absolute atomic E-state index is 0.00195. The Balaban J connectivity index is 1.77. The van der Waals surface area contributed by atoms with E-state index >= 15 is 0 Å². The van der Waals surface area contributed by atoms with Gasteiger partial charge in [0, 0.05) is 17.4 Å². The second-order valence-corrected chi connectivity index (χ2v) is 8.29. The fourth-order valence-corrected chi connectivity index (χ4v) is 4.31. The summed E-state index contributed by atoms with van der Waals surface area (Å²) in [7, 11) is -2.68. The highest BCUT2D eigenvalue weighted by molar-refractivity contribution is 7.93. The molecule has 0 amide bonds. The van der Waals surface area contributed by atoms with Gasteiger partial charge in [-0.15, -0.1) is 0 Å². The van der Waals surface area contributed by atoms with E-state index in [0.717, 1.165) is 18.9 Å². The van der Waals surface area contributed by atoms with Crippen LogP contribution < -0.4 is 9.46 Å². The first-order valence-corrected chi connectivity index (χ1v) is 10.1. The number of hydrogen-bond donors (Lipinski definition) is 1. The molecule has 0 atom stereocenters. The number of rotatable bonds is 5. The lowest BCUT2D eigenvalue weighted by Gasteiger charge is -2.14. The molecule has 140 valence electrons. The van der Waals surface area contributed by atoms with E-state index in [4.69, 9.17) is 16.3 Å². The van der Waals surface area contributed by atoms with Crippen molar-refractivity contribution in [3.63, 3.8) is 0 Å².